The Hall–Kier alpha value is -0.660. The van der Waals surface area contributed by atoms with Crippen molar-refractivity contribution in [3.63, 3.8) is 0 Å². The van der Waals surface area contributed by atoms with E-state index in [4.69, 9.17) is 5.11 Å². The Balaban J connectivity index is 2.51. The molecule has 17 heavy (non-hydrogen) atoms. The summed E-state index contributed by atoms with van der Waals surface area (Å²) in [5.74, 6) is -1.46. The van der Waals surface area contributed by atoms with E-state index in [9.17, 15) is 13.2 Å². The molecular formula is C10H19NO5S. The largest absolute Gasteiger partial charge is 0.465 e. The topological polar surface area (TPSA) is 92.7 Å². The summed E-state index contributed by atoms with van der Waals surface area (Å²) in [6.45, 7) is 1.75. The van der Waals surface area contributed by atoms with Gasteiger partial charge in [0.05, 0.1) is 6.61 Å². The Kier molecular flexibility index (Phi) is 5.35. The van der Waals surface area contributed by atoms with Crippen LogP contribution in [-0.4, -0.2) is 44.5 Å². The van der Waals surface area contributed by atoms with Crippen LogP contribution in [0.1, 0.15) is 26.2 Å². The molecule has 2 N–H and O–H groups in total. The standard InChI is InChI=1S/C10H19NO5S/c1-2-16-10(13)7-17(14,15)11-9-5-3-4-8(9)6-12/h8-9,11-12H,2-7H2,1H3. The van der Waals surface area contributed by atoms with Crippen LogP contribution in [0.4, 0.5) is 0 Å². The van der Waals surface area contributed by atoms with Gasteiger partial charge in [0, 0.05) is 12.6 Å². The first-order valence-electron chi connectivity index (χ1n) is 5.75. The fraction of sp³-hybridized carbons (Fsp3) is 0.900. The Morgan fingerprint density at radius 2 is 2.18 bits per heavy atom. The minimum Gasteiger partial charge on any atom is -0.465 e. The molecule has 1 saturated carbocycles. The molecule has 1 aliphatic carbocycles. The van der Waals surface area contributed by atoms with Crippen molar-refractivity contribution in [1.82, 2.24) is 4.72 Å². The number of aliphatic hydroxyl groups excluding tert-OH is 1. The average molecular weight is 265 g/mol. The van der Waals surface area contributed by atoms with Gasteiger partial charge in [0.1, 0.15) is 0 Å². The molecule has 0 aromatic heterocycles. The van der Waals surface area contributed by atoms with Crippen LogP contribution in [0.2, 0.25) is 0 Å². The molecule has 2 unspecified atom stereocenters. The molecule has 0 radical (unpaired) electrons. The zero-order valence-electron chi connectivity index (χ0n) is 9.89. The zero-order chi connectivity index (χ0) is 12.9. The lowest BCUT2D eigenvalue weighted by Gasteiger charge is -2.18. The second-order valence-electron chi connectivity index (χ2n) is 4.16. The van der Waals surface area contributed by atoms with Crippen LogP contribution >= 0.6 is 0 Å². The Bertz CT molecular complexity index is 354. The number of hydrogen-bond acceptors (Lipinski definition) is 5. The zero-order valence-corrected chi connectivity index (χ0v) is 10.7. The molecular weight excluding hydrogens is 246 g/mol. The van der Waals surface area contributed by atoms with E-state index in [1.807, 2.05) is 0 Å². The summed E-state index contributed by atoms with van der Waals surface area (Å²) in [7, 11) is -3.67. The molecule has 1 rings (SSSR count). The van der Waals surface area contributed by atoms with Gasteiger partial charge in [0.2, 0.25) is 10.0 Å². The van der Waals surface area contributed by atoms with Gasteiger partial charge < -0.3 is 9.84 Å². The van der Waals surface area contributed by atoms with Gasteiger partial charge in [-0.25, -0.2) is 13.1 Å². The normalized spacial score (nSPS) is 24.8. The molecule has 0 amide bonds. The Morgan fingerprint density at radius 3 is 2.76 bits per heavy atom. The van der Waals surface area contributed by atoms with Crippen molar-refractivity contribution >= 4 is 16.0 Å². The fourth-order valence-corrected chi connectivity index (χ4v) is 3.29. The van der Waals surface area contributed by atoms with Gasteiger partial charge in [-0.15, -0.1) is 0 Å². The smallest absolute Gasteiger partial charge is 0.322 e. The lowest BCUT2D eigenvalue weighted by Crippen LogP contribution is -2.41. The van der Waals surface area contributed by atoms with Gasteiger partial charge in [-0.3, -0.25) is 4.79 Å². The molecule has 1 aliphatic rings. The summed E-state index contributed by atoms with van der Waals surface area (Å²) >= 11 is 0. The van der Waals surface area contributed by atoms with E-state index in [1.165, 1.54) is 0 Å². The fourth-order valence-electron chi connectivity index (χ4n) is 2.04. The SMILES string of the molecule is CCOC(=O)CS(=O)(=O)NC1CCCC1CO. The van der Waals surface area contributed by atoms with Crippen LogP contribution < -0.4 is 4.72 Å². The van der Waals surface area contributed by atoms with E-state index < -0.39 is 21.7 Å². The van der Waals surface area contributed by atoms with E-state index in [2.05, 4.69) is 9.46 Å². The molecule has 0 spiro atoms. The molecule has 6 nitrogen and oxygen atoms in total. The average Bonchev–Trinajstić information content (AvgIpc) is 2.63. The first kappa shape index (κ1) is 14.4. The summed E-state index contributed by atoms with van der Waals surface area (Å²) in [4.78, 5) is 11.1. The third-order valence-corrected chi connectivity index (χ3v) is 4.12. The van der Waals surface area contributed by atoms with E-state index in [0.717, 1.165) is 12.8 Å². The highest BCUT2D eigenvalue weighted by molar-refractivity contribution is 7.90. The first-order valence-corrected chi connectivity index (χ1v) is 7.40. The van der Waals surface area contributed by atoms with Crippen LogP contribution in [0, 0.1) is 5.92 Å². The number of nitrogens with one attached hydrogen (secondary N) is 1. The Labute approximate surface area is 101 Å². The third-order valence-electron chi connectivity index (χ3n) is 2.84. The molecule has 2 atom stereocenters. The quantitative estimate of drug-likeness (QED) is 0.639. The van der Waals surface area contributed by atoms with Crippen molar-refractivity contribution in [3.8, 4) is 0 Å². The molecule has 0 bridgehead atoms. The molecule has 7 heteroatoms. The number of ether oxygens (including phenoxy) is 1. The van der Waals surface area contributed by atoms with E-state index in [1.54, 1.807) is 6.92 Å². The second kappa shape index (κ2) is 6.32. The highest BCUT2D eigenvalue weighted by atomic mass is 32.2. The van der Waals surface area contributed by atoms with Gasteiger partial charge in [-0.05, 0) is 25.7 Å². The second-order valence-corrected chi connectivity index (χ2v) is 5.92. The summed E-state index contributed by atoms with van der Waals surface area (Å²) in [6, 6.07) is -0.264. The molecule has 0 heterocycles. The van der Waals surface area contributed by atoms with Gasteiger partial charge in [-0.1, -0.05) is 6.42 Å². The predicted octanol–water partition coefficient (Wildman–Crippen LogP) is -0.370. The van der Waals surface area contributed by atoms with Crippen LogP contribution in [0.3, 0.4) is 0 Å². The summed E-state index contributed by atoms with van der Waals surface area (Å²) in [6.07, 6.45) is 2.40. The van der Waals surface area contributed by atoms with E-state index >= 15 is 0 Å². The van der Waals surface area contributed by atoms with Gasteiger partial charge in [-0.2, -0.15) is 0 Å². The van der Waals surface area contributed by atoms with Crippen molar-refractivity contribution in [1.29, 1.82) is 0 Å². The maximum atomic E-state index is 11.6. The van der Waals surface area contributed by atoms with Crippen molar-refractivity contribution in [2.75, 3.05) is 19.0 Å². The number of aliphatic hydroxyl groups is 1. The maximum Gasteiger partial charge on any atom is 0.322 e. The molecule has 100 valence electrons. The van der Waals surface area contributed by atoms with Gasteiger partial charge in [0.25, 0.3) is 0 Å². The van der Waals surface area contributed by atoms with Crippen molar-refractivity contribution in [2.24, 2.45) is 5.92 Å². The maximum absolute atomic E-state index is 11.6. The molecule has 1 fully saturated rings. The monoisotopic (exact) mass is 265 g/mol. The summed E-state index contributed by atoms with van der Waals surface area (Å²) < 4.78 is 30.3. The van der Waals surface area contributed by atoms with Crippen molar-refractivity contribution in [3.05, 3.63) is 0 Å². The number of carbonyl (C=O) groups is 1. The molecule has 0 aromatic rings. The number of hydrogen-bond donors (Lipinski definition) is 2. The lowest BCUT2D eigenvalue weighted by atomic mass is 10.1. The van der Waals surface area contributed by atoms with E-state index in [-0.39, 0.29) is 25.2 Å². The highest BCUT2D eigenvalue weighted by Crippen LogP contribution is 2.25. The number of carbonyl (C=O) groups excluding carboxylic acids is 1. The number of esters is 1. The molecule has 0 aromatic carbocycles. The summed E-state index contributed by atoms with van der Waals surface area (Å²) in [5, 5.41) is 9.07. The highest BCUT2D eigenvalue weighted by Gasteiger charge is 2.31. The minimum absolute atomic E-state index is 0.0351. The van der Waals surface area contributed by atoms with Crippen LogP contribution in [-0.2, 0) is 19.6 Å². The third kappa shape index (κ3) is 4.61. The van der Waals surface area contributed by atoms with Crippen LogP contribution in [0.15, 0.2) is 0 Å². The number of sulfonamides is 1. The Morgan fingerprint density at radius 1 is 1.47 bits per heavy atom. The van der Waals surface area contributed by atoms with Crippen molar-refractivity contribution < 1.29 is 23.1 Å². The summed E-state index contributed by atoms with van der Waals surface area (Å²) in [5.41, 5.74) is 0. The van der Waals surface area contributed by atoms with Crippen molar-refractivity contribution in [2.45, 2.75) is 32.2 Å². The van der Waals surface area contributed by atoms with Crippen LogP contribution in [0.25, 0.3) is 0 Å². The van der Waals surface area contributed by atoms with Gasteiger partial charge >= 0.3 is 5.97 Å². The van der Waals surface area contributed by atoms with E-state index in [0.29, 0.717) is 6.42 Å². The minimum atomic E-state index is -3.67. The molecule has 0 saturated heterocycles. The predicted molar refractivity (Wildman–Crippen MR) is 61.8 cm³/mol. The van der Waals surface area contributed by atoms with Crippen LogP contribution in [0.5, 0.6) is 0 Å². The van der Waals surface area contributed by atoms with Gasteiger partial charge in [0.15, 0.2) is 5.75 Å². The number of rotatable bonds is 6. The lowest BCUT2D eigenvalue weighted by molar-refractivity contribution is -0.139. The molecule has 0 aliphatic heterocycles. The first-order chi connectivity index (χ1) is 7.98.